The van der Waals surface area contributed by atoms with E-state index in [9.17, 15) is 5.11 Å². The molecular formula is C26H26N2O2S. The van der Waals surface area contributed by atoms with E-state index in [0.29, 0.717) is 6.54 Å². The average molecular weight is 431 g/mol. The number of nitrogens with one attached hydrogen (secondary N) is 1. The Kier molecular flexibility index (Phi) is 6.65. The number of aliphatic hydroxyl groups excluding tert-OH is 1. The van der Waals surface area contributed by atoms with Crippen LogP contribution in [0.25, 0.3) is 20.8 Å². The van der Waals surface area contributed by atoms with Gasteiger partial charge in [-0.1, -0.05) is 30.3 Å². The Morgan fingerprint density at radius 3 is 2.74 bits per heavy atom. The largest absolute Gasteiger partial charge is 0.491 e. The highest BCUT2D eigenvalue weighted by Crippen LogP contribution is 2.31. The first kappa shape index (κ1) is 21.1. The predicted octanol–water partition coefficient (Wildman–Crippen LogP) is 5.85. The van der Waals surface area contributed by atoms with Crippen molar-refractivity contribution in [3.63, 3.8) is 0 Å². The number of fused-ring (bicyclic) bond motifs is 1. The minimum Gasteiger partial charge on any atom is -0.491 e. The van der Waals surface area contributed by atoms with Crippen LogP contribution in [-0.2, 0) is 6.42 Å². The van der Waals surface area contributed by atoms with Gasteiger partial charge in [0.2, 0.25) is 0 Å². The molecule has 0 radical (unpaired) electrons. The van der Waals surface area contributed by atoms with Gasteiger partial charge in [-0.15, -0.1) is 17.9 Å². The van der Waals surface area contributed by atoms with Crippen LogP contribution in [-0.4, -0.2) is 29.3 Å². The SMILES string of the molecule is C=CCc1ccccc1OCC(O)CNc1ccc(-c2nc3ccc(C)cc3s2)cc1. The molecule has 3 aromatic carbocycles. The van der Waals surface area contributed by atoms with Crippen LogP contribution in [0, 0.1) is 6.92 Å². The third kappa shape index (κ3) is 5.32. The lowest BCUT2D eigenvalue weighted by atomic mass is 10.1. The summed E-state index contributed by atoms with van der Waals surface area (Å²) in [5.41, 5.74) is 5.39. The van der Waals surface area contributed by atoms with Gasteiger partial charge in [0, 0.05) is 17.8 Å². The molecule has 0 fully saturated rings. The Labute approximate surface area is 186 Å². The van der Waals surface area contributed by atoms with Crippen molar-refractivity contribution in [3.05, 3.63) is 90.5 Å². The Morgan fingerprint density at radius 2 is 1.94 bits per heavy atom. The van der Waals surface area contributed by atoms with Crippen molar-refractivity contribution in [2.45, 2.75) is 19.4 Å². The van der Waals surface area contributed by atoms with Crippen molar-refractivity contribution >= 4 is 27.2 Å². The van der Waals surface area contributed by atoms with Crippen LogP contribution in [0.5, 0.6) is 5.75 Å². The van der Waals surface area contributed by atoms with Crippen molar-refractivity contribution < 1.29 is 9.84 Å². The maximum atomic E-state index is 10.3. The van der Waals surface area contributed by atoms with E-state index in [1.165, 1.54) is 10.3 Å². The molecule has 31 heavy (non-hydrogen) atoms. The molecule has 0 spiro atoms. The Hall–Kier alpha value is -3.15. The van der Waals surface area contributed by atoms with E-state index in [1.807, 2.05) is 42.5 Å². The van der Waals surface area contributed by atoms with Crippen molar-refractivity contribution in [1.29, 1.82) is 0 Å². The number of aliphatic hydroxyl groups is 1. The maximum Gasteiger partial charge on any atom is 0.124 e. The van der Waals surface area contributed by atoms with Crippen LogP contribution in [0.2, 0.25) is 0 Å². The van der Waals surface area contributed by atoms with Crippen molar-refractivity contribution in [3.8, 4) is 16.3 Å². The fourth-order valence-corrected chi connectivity index (χ4v) is 4.40. The van der Waals surface area contributed by atoms with Crippen molar-refractivity contribution in [2.75, 3.05) is 18.5 Å². The van der Waals surface area contributed by atoms with Gasteiger partial charge in [-0.05, 0) is 66.9 Å². The van der Waals surface area contributed by atoms with Crippen LogP contribution >= 0.6 is 11.3 Å². The standard InChI is InChI=1S/C26H26N2O2S/c1-3-6-19-7-4-5-8-24(19)30-17-22(29)16-27-21-12-10-20(11-13-21)26-28-23-14-9-18(2)15-25(23)31-26/h3-5,7-15,22,27,29H,1,6,16-17H2,2H3. The monoisotopic (exact) mass is 430 g/mol. The quantitative estimate of drug-likeness (QED) is 0.327. The molecular weight excluding hydrogens is 404 g/mol. The van der Waals surface area contributed by atoms with E-state index < -0.39 is 6.10 Å². The third-order valence-electron chi connectivity index (χ3n) is 4.99. The molecule has 2 N–H and O–H groups in total. The summed E-state index contributed by atoms with van der Waals surface area (Å²) in [7, 11) is 0. The van der Waals surface area contributed by atoms with E-state index in [-0.39, 0.29) is 6.61 Å². The van der Waals surface area contributed by atoms with Crippen LogP contribution in [0.1, 0.15) is 11.1 Å². The average Bonchev–Trinajstić information content (AvgIpc) is 3.21. The maximum absolute atomic E-state index is 10.3. The molecule has 4 aromatic rings. The van der Waals surface area contributed by atoms with Gasteiger partial charge in [-0.3, -0.25) is 0 Å². The van der Waals surface area contributed by atoms with Gasteiger partial charge in [0.05, 0.1) is 10.2 Å². The molecule has 1 unspecified atom stereocenters. The molecule has 0 bridgehead atoms. The second-order valence-corrected chi connectivity index (χ2v) is 8.54. The summed E-state index contributed by atoms with van der Waals surface area (Å²) in [6, 6.07) is 22.3. The molecule has 1 heterocycles. The minimum absolute atomic E-state index is 0.227. The highest BCUT2D eigenvalue weighted by atomic mass is 32.1. The van der Waals surface area contributed by atoms with E-state index >= 15 is 0 Å². The zero-order chi connectivity index (χ0) is 21.6. The number of ether oxygens (including phenoxy) is 1. The minimum atomic E-state index is -0.621. The summed E-state index contributed by atoms with van der Waals surface area (Å²) in [6.45, 7) is 6.51. The molecule has 0 aliphatic carbocycles. The number of benzene rings is 3. The number of allylic oxidation sites excluding steroid dienone is 1. The summed E-state index contributed by atoms with van der Waals surface area (Å²) in [5.74, 6) is 0.789. The van der Waals surface area contributed by atoms with Crippen LogP contribution in [0.3, 0.4) is 0 Å². The zero-order valence-corrected chi connectivity index (χ0v) is 18.4. The van der Waals surface area contributed by atoms with Crippen LogP contribution in [0.15, 0.2) is 79.4 Å². The van der Waals surface area contributed by atoms with E-state index in [4.69, 9.17) is 9.72 Å². The fraction of sp³-hybridized carbons (Fsp3) is 0.192. The number of hydrogen-bond acceptors (Lipinski definition) is 5. The van der Waals surface area contributed by atoms with Gasteiger partial charge in [-0.2, -0.15) is 0 Å². The van der Waals surface area contributed by atoms with Crippen LogP contribution in [0.4, 0.5) is 5.69 Å². The first-order valence-corrected chi connectivity index (χ1v) is 11.1. The van der Waals surface area contributed by atoms with E-state index in [1.54, 1.807) is 11.3 Å². The smallest absolute Gasteiger partial charge is 0.124 e. The van der Waals surface area contributed by atoms with Gasteiger partial charge in [0.25, 0.3) is 0 Å². The number of nitrogens with zero attached hydrogens (tertiary/aromatic N) is 1. The number of aromatic nitrogens is 1. The molecule has 4 rings (SSSR count). The summed E-state index contributed by atoms with van der Waals surface area (Å²) in [5, 5.41) is 14.6. The predicted molar refractivity (Wildman–Crippen MR) is 130 cm³/mol. The molecule has 0 aliphatic rings. The fourth-order valence-electron chi connectivity index (χ4n) is 3.34. The molecule has 0 saturated heterocycles. The molecule has 5 heteroatoms. The molecule has 1 atom stereocenters. The molecule has 1 aromatic heterocycles. The van der Waals surface area contributed by atoms with Crippen molar-refractivity contribution in [1.82, 2.24) is 4.98 Å². The second kappa shape index (κ2) is 9.77. The molecule has 0 aliphatic heterocycles. The van der Waals surface area contributed by atoms with Gasteiger partial charge in [-0.25, -0.2) is 4.98 Å². The highest BCUT2D eigenvalue weighted by Gasteiger charge is 2.09. The summed E-state index contributed by atoms with van der Waals surface area (Å²) < 4.78 is 7.01. The number of thiazole rings is 1. The van der Waals surface area contributed by atoms with Gasteiger partial charge < -0.3 is 15.2 Å². The Bertz CT molecular complexity index is 1170. The Balaban J connectivity index is 1.32. The number of aryl methyl sites for hydroxylation is 1. The first-order valence-electron chi connectivity index (χ1n) is 10.3. The molecule has 0 amide bonds. The zero-order valence-electron chi connectivity index (χ0n) is 17.5. The van der Waals surface area contributed by atoms with Gasteiger partial charge in [0.15, 0.2) is 0 Å². The normalized spacial score (nSPS) is 11.9. The first-order chi connectivity index (χ1) is 15.1. The lowest BCUT2D eigenvalue weighted by molar-refractivity contribution is 0.117. The second-order valence-electron chi connectivity index (χ2n) is 7.51. The van der Waals surface area contributed by atoms with E-state index in [2.05, 4.69) is 49.2 Å². The molecule has 158 valence electrons. The van der Waals surface area contributed by atoms with Crippen LogP contribution < -0.4 is 10.1 Å². The summed E-state index contributed by atoms with van der Waals surface area (Å²) >= 11 is 1.70. The Morgan fingerprint density at radius 1 is 1.13 bits per heavy atom. The lowest BCUT2D eigenvalue weighted by Crippen LogP contribution is -2.26. The van der Waals surface area contributed by atoms with Crippen molar-refractivity contribution in [2.24, 2.45) is 0 Å². The highest BCUT2D eigenvalue weighted by molar-refractivity contribution is 7.21. The number of rotatable bonds is 9. The third-order valence-corrected chi connectivity index (χ3v) is 6.05. The summed E-state index contributed by atoms with van der Waals surface area (Å²) in [6.07, 6.45) is 1.97. The topological polar surface area (TPSA) is 54.4 Å². The van der Waals surface area contributed by atoms with E-state index in [0.717, 1.165) is 39.5 Å². The van der Waals surface area contributed by atoms with Gasteiger partial charge in [0.1, 0.15) is 23.5 Å². The molecule has 0 saturated carbocycles. The number of anilines is 1. The number of hydrogen-bond donors (Lipinski definition) is 2. The summed E-state index contributed by atoms with van der Waals surface area (Å²) in [4.78, 5) is 4.74. The lowest BCUT2D eigenvalue weighted by Gasteiger charge is -2.16. The number of para-hydroxylation sites is 1. The van der Waals surface area contributed by atoms with Gasteiger partial charge >= 0.3 is 0 Å². The molecule has 4 nitrogen and oxygen atoms in total.